The molecule has 1 aromatic heterocycles. The number of aryl methyl sites for hydroxylation is 1. The van der Waals surface area contributed by atoms with E-state index < -0.39 is 17.2 Å². The molecule has 132 valence electrons. The first-order valence-corrected chi connectivity index (χ1v) is 8.70. The molecule has 1 spiro atoms. The Kier molecular flexibility index (Phi) is 4.25. The molecule has 1 unspecified atom stereocenters. The summed E-state index contributed by atoms with van der Waals surface area (Å²) in [6.45, 7) is 4.36. The molecule has 0 amide bonds. The SMILES string of the molecule is Cc1ncc2c(n1)C1(CCCN(Cc3cccc(F)c3F)C1)OCC2. The Morgan fingerprint density at radius 3 is 3.08 bits per heavy atom. The van der Waals surface area contributed by atoms with Crippen LogP contribution in [0.25, 0.3) is 0 Å². The van der Waals surface area contributed by atoms with Gasteiger partial charge in [-0.1, -0.05) is 12.1 Å². The van der Waals surface area contributed by atoms with E-state index in [1.54, 1.807) is 12.1 Å². The lowest BCUT2D eigenvalue weighted by atomic mass is 9.84. The fourth-order valence-electron chi connectivity index (χ4n) is 3.96. The monoisotopic (exact) mass is 345 g/mol. The highest BCUT2D eigenvalue weighted by Crippen LogP contribution is 2.39. The van der Waals surface area contributed by atoms with Crippen molar-refractivity contribution in [2.24, 2.45) is 0 Å². The third-order valence-electron chi connectivity index (χ3n) is 5.13. The molecule has 2 aliphatic rings. The van der Waals surface area contributed by atoms with Gasteiger partial charge in [-0.05, 0) is 44.4 Å². The number of rotatable bonds is 2. The summed E-state index contributed by atoms with van der Waals surface area (Å²) in [7, 11) is 0. The van der Waals surface area contributed by atoms with E-state index in [1.807, 2.05) is 13.1 Å². The van der Waals surface area contributed by atoms with Gasteiger partial charge in [0, 0.05) is 24.8 Å². The number of halogens is 2. The van der Waals surface area contributed by atoms with Crippen LogP contribution in [0.4, 0.5) is 8.78 Å². The minimum absolute atomic E-state index is 0.369. The molecule has 2 aliphatic heterocycles. The maximum absolute atomic E-state index is 14.0. The molecule has 0 N–H and O–H groups in total. The minimum atomic E-state index is -0.799. The third-order valence-corrected chi connectivity index (χ3v) is 5.13. The van der Waals surface area contributed by atoms with Gasteiger partial charge in [0.2, 0.25) is 0 Å². The van der Waals surface area contributed by atoms with Gasteiger partial charge in [0.25, 0.3) is 0 Å². The van der Waals surface area contributed by atoms with Crippen molar-refractivity contribution in [3.05, 3.63) is 58.7 Å². The van der Waals surface area contributed by atoms with Crippen LogP contribution in [0.15, 0.2) is 24.4 Å². The molecule has 6 heteroatoms. The van der Waals surface area contributed by atoms with Gasteiger partial charge in [0.05, 0.1) is 12.3 Å². The normalized spacial score (nSPS) is 23.6. The number of hydrogen-bond donors (Lipinski definition) is 0. The third kappa shape index (κ3) is 3.04. The van der Waals surface area contributed by atoms with Gasteiger partial charge < -0.3 is 4.74 Å². The number of ether oxygens (including phenoxy) is 1. The highest BCUT2D eigenvalue weighted by Gasteiger charge is 2.43. The maximum Gasteiger partial charge on any atom is 0.163 e. The van der Waals surface area contributed by atoms with Crippen LogP contribution in [0.1, 0.15) is 35.5 Å². The second-order valence-electron chi connectivity index (χ2n) is 6.91. The standard InChI is InChI=1S/C19H21F2N3O/c1-13-22-10-14-6-9-25-19(18(14)23-13)7-3-8-24(12-19)11-15-4-2-5-16(20)17(15)21/h2,4-5,10H,3,6-9,11-12H2,1H3. The summed E-state index contributed by atoms with van der Waals surface area (Å²) >= 11 is 0. The summed E-state index contributed by atoms with van der Waals surface area (Å²) < 4.78 is 33.7. The summed E-state index contributed by atoms with van der Waals surface area (Å²) in [5, 5.41) is 0. The average Bonchev–Trinajstić information content (AvgIpc) is 2.60. The van der Waals surface area contributed by atoms with Gasteiger partial charge in [0.15, 0.2) is 11.6 Å². The Hall–Kier alpha value is -1.92. The molecule has 0 aliphatic carbocycles. The fraction of sp³-hybridized carbons (Fsp3) is 0.474. The lowest BCUT2D eigenvalue weighted by Gasteiger charge is -2.45. The van der Waals surface area contributed by atoms with Crippen molar-refractivity contribution in [3.8, 4) is 0 Å². The van der Waals surface area contributed by atoms with Crippen molar-refractivity contribution in [3.63, 3.8) is 0 Å². The van der Waals surface area contributed by atoms with Crippen molar-refractivity contribution >= 4 is 0 Å². The zero-order chi connectivity index (χ0) is 17.4. The number of hydrogen-bond acceptors (Lipinski definition) is 4. The second kappa shape index (κ2) is 6.42. The molecular formula is C19H21F2N3O. The first-order chi connectivity index (χ1) is 12.1. The number of aromatic nitrogens is 2. The van der Waals surface area contributed by atoms with Crippen LogP contribution in [-0.4, -0.2) is 34.6 Å². The van der Waals surface area contributed by atoms with Crippen molar-refractivity contribution in [2.45, 2.75) is 38.3 Å². The first kappa shape index (κ1) is 16.5. The van der Waals surface area contributed by atoms with Gasteiger partial charge in [-0.25, -0.2) is 18.7 Å². The average molecular weight is 345 g/mol. The minimum Gasteiger partial charge on any atom is -0.367 e. The lowest BCUT2D eigenvalue weighted by molar-refractivity contribution is -0.109. The number of likely N-dealkylation sites (tertiary alicyclic amines) is 1. The Balaban J connectivity index is 1.62. The van der Waals surface area contributed by atoms with Crippen LogP contribution in [0, 0.1) is 18.6 Å². The zero-order valence-corrected chi connectivity index (χ0v) is 14.3. The van der Waals surface area contributed by atoms with E-state index in [-0.39, 0.29) is 0 Å². The molecule has 25 heavy (non-hydrogen) atoms. The van der Waals surface area contributed by atoms with Crippen LogP contribution in [-0.2, 0) is 23.3 Å². The quantitative estimate of drug-likeness (QED) is 0.838. The number of fused-ring (bicyclic) bond motifs is 2. The van der Waals surface area contributed by atoms with Gasteiger partial charge >= 0.3 is 0 Å². The van der Waals surface area contributed by atoms with Crippen LogP contribution in [0.5, 0.6) is 0 Å². The van der Waals surface area contributed by atoms with Crippen LogP contribution >= 0.6 is 0 Å². The van der Waals surface area contributed by atoms with Gasteiger partial charge in [-0.2, -0.15) is 0 Å². The summed E-state index contributed by atoms with van der Waals surface area (Å²) in [6.07, 6.45) is 4.53. The summed E-state index contributed by atoms with van der Waals surface area (Å²) in [5.74, 6) is -0.825. The molecule has 0 saturated carbocycles. The molecule has 4 rings (SSSR count). The van der Waals surface area contributed by atoms with Gasteiger partial charge in [0.1, 0.15) is 11.4 Å². The molecule has 0 bridgehead atoms. The van der Waals surface area contributed by atoms with E-state index in [1.165, 1.54) is 0 Å². The van der Waals surface area contributed by atoms with E-state index in [9.17, 15) is 8.78 Å². The van der Waals surface area contributed by atoms with Gasteiger partial charge in [-0.3, -0.25) is 4.90 Å². The summed E-state index contributed by atoms with van der Waals surface area (Å²) in [4.78, 5) is 11.1. The smallest absolute Gasteiger partial charge is 0.163 e. The highest BCUT2D eigenvalue weighted by atomic mass is 19.2. The largest absolute Gasteiger partial charge is 0.367 e. The Labute approximate surface area is 145 Å². The molecule has 1 fully saturated rings. The number of benzene rings is 1. The Morgan fingerprint density at radius 2 is 2.20 bits per heavy atom. The molecular weight excluding hydrogens is 324 g/mol. The van der Waals surface area contributed by atoms with E-state index >= 15 is 0 Å². The van der Waals surface area contributed by atoms with E-state index in [2.05, 4.69) is 14.9 Å². The predicted octanol–water partition coefficient (Wildman–Crippen LogP) is 3.13. The Bertz CT molecular complexity index is 798. The van der Waals surface area contributed by atoms with Crippen molar-refractivity contribution in [1.29, 1.82) is 0 Å². The summed E-state index contributed by atoms with van der Waals surface area (Å²) in [5.41, 5.74) is 2.02. The maximum atomic E-state index is 14.0. The molecule has 1 aromatic carbocycles. The molecule has 1 saturated heterocycles. The molecule has 0 radical (unpaired) electrons. The van der Waals surface area contributed by atoms with Crippen molar-refractivity contribution in [2.75, 3.05) is 19.7 Å². The molecule has 3 heterocycles. The fourth-order valence-corrected chi connectivity index (χ4v) is 3.96. The predicted molar refractivity (Wildman–Crippen MR) is 89.0 cm³/mol. The first-order valence-electron chi connectivity index (χ1n) is 8.70. The number of nitrogens with zero attached hydrogens (tertiary/aromatic N) is 3. The topological polar surface area (TPSA) is 38.2 Å². The lowest BCUT2D eigenvalue weighted by Crippen LogP contribution is -2.50. The number of piperidine rings is 1. The molecule has 4 nitrogen and oxygen atoms in total. The van der Waals surface area contributed by atoms with Crippen LogP contribution in [0.3, 0.4) is 0 Å². The van der Waals surface area contributed by atoms with E-state index in [4.69, 9.17) is 4.74 Å². The molecule has 2 aromatic rings. The van der Waals surface area contributed by atoms with E-state index in [0.29, 0.717) is 25.3 Å². The zero-order valence-electron chi connectivity index (χ0n) is 14.3. The van der Waals surface area contributed by atoms with Gasteiger partial charge in [-0.15, -0.1) is 0 Å². The van der Waals surface area contributed by atoms with Crippen molar-refractivity contribution < 1.29 is 13.5 Å². The second-order valence-corrected chi connectivity index (χ2v) is 6.91. The summed E-state index contributed by atoms with van der Waals surface area (Å²) in [6, 6.07) is 4.34. The van der Waals surface area contributed by atoms with Crippen molar-refractivity contribution in [1.82, 2.24) is 14.9 Å². The van der Waals surface area contributed by atoms with E-state index in [0.717, 1.165) is 49.0 Å². The highest BCUT2D eigenvalue weighted by molar-refractivity contribution is 5.28. The van der Waals surface area contributed by atoms with Crippen LogP contribution in [0.2, 0.25) is 0 Å². The van der Waals surface area contributed by atoms with Crippen LogP contribution < -0.4 is 0 Å². The molecule has 1 atom stereocenters. The Morgan fingerprint density at radius 1 is 1.32 bits per heavy atom.